The summed E-state index contributed by atoms with van der Waals surface area (Å²) in [5.74, 6) is 0.197. The molecule has 0 spiro atoms. The summed E-state index contributed by atoms with van der Waals surface area (Å²) >= 11 is 0. The first-order valence-electron chi connectivity index (χ1n) is 7.97. The Bertz CT molecular complexity index is 550. The molecule has 7 nitrogen and oxygen atoms in total. The lowest BCUT2D eigenvalue weighted by molar-refractivity contribution is -0.385. The molecule has 24 heavy (non-hydrogen) atoms. The van der Waals surface area contributed by atoms with Crippen molar-refractivity contribution in [3.05, 3.63) is 34.4 Å². The second-order valence-electron chi connectivity index (χ2n) is 5.82. The Hall–Kier alpha value is -1.86. The minimum Gasteiger partial charge on any atom is -0.477 e. The number of ether oxygens (including phenoxy) is 1. The van der Waals surface area contributed by atoms with Crippen LogP contribution < -0.4 is 15.8 Å². The molecule has 1 amide bonds. The number of nitrogens with two attached hydrogens (primary N) is 1. The monoisotopic (exact) mass is 357 g/mol. The maximum atomic E-state index is 12.0. The van der Waals surface area contributed by atoms with Crippen LogP contribution in [0.5, 0.6) is 5.75 Å². The zero-order valence-electron chi connectivity index (χ0n) is 13.5. The number of nitro groups is 1. The SMILES string of the molecule is Cl.NCC(NC(=O)COc1ccccc1[N+](=O)[O-])C1CCCCC1. The second-order valence-corrected chi connectivity index (χ2v) is 5.82. The zero-order chi connectivity index (χ0) is 16.7. The van der Waals surface area contributed by atoms with Gasteiger partial charge >= 0.3 is 5.69 Å². The fourth-order valence-electron chi connectivity index (χ4n) is 3.03. The van der Waals surface area contributed by atoms with Gasteiger partial charge in [-0.3, -0.25) is 14.9 Å². The van der Waals surface area contributed by atoms with Crippen molar-refractivity contribution in [3.63, 3.8) is 0 Å². The van der Waals surface area contributed by atoms with E-state index in [4.69, 9.17) is 10.5 Å². The summed E-state index contributed by atoms with van der Waals surface area (Å²) in [6.45, 7) is 0.135. The fraction of sp³-hybridized carbons (Fsp3) is 0.562. The van der Waals surface area contributed by atoms with Crippen LogP contribution in [0.25, 0.3) is 0 Å². The summed E-state index contributed by atoms with van der Waals surface area (Å²) in [6.07, 6.45) is 5.73. The molecule has 0 aliphatic heterocycles. The molecule has 1 atom stereocenters. The number of benzene rings is 1. The summed E-state index contributed by atoms with van der Waals surface area (Å²) in [5.41, 5.74) is 5.63. The Morgan fingerprint density at radius 3 is 2.62 bits per heavy atom. The third kappa shape index (κ3) is 5.65. The van der Waals surface area contributed by atoms with Gasteiger partial charge in [0.2, 0.25) is 0 Å². The largest absolute Gasteiger partial charge is 0.477 e. The first-order valence-corrected chi connectivity index (χ1v) is 7.97. The first kappa shape index (κ1) is 20.2. The Morgan fingerprint density at radius 1 is 1.33 bits per heavy atom. The van der Waals surface area contributed by atoms with Crippen LogP contribution in [0.3, 0.4) is 0 Å². The molecule has 1 aromatic rings. The van der Waals surface area contributed by atoms with Crippen molar-refractivity contribution in [2.75, 3.05) is 13.2 Å². The van der Waals surface area contributed by atoms with Crippen LogP contribution in [0.15, 0.2) is 24.3 Å². The molecule has 8 heteroatoms. The highest BCUT2D eigenvalue weighted by Gasteiger charge is 2.24. The number of hydrogen-bond acceptors (Lipinski definition) is 5. The highest BCUT2D eigenvalue weighted by atomic mass is 35.5. The predicted molar refractivity (Wildman–Crippen MR) is 93.4 cm³/mol. The van der Waals surface area contributed by atoms with Gasteiger partial charge in [-0.25, -0.2) is 0 Å². The number of carbonyl (C=O) groups is 1. The Morgan fingerprint density at radius 2 is 2.00 bits per heavy atom. The van der Waals surface area contributed by atoms with Crippen molar-refractivity contribution >= 4 is 24.0 Å². The van der Waals surface area contributed by atoms with E-state index in [0.717, 1.165) is 12.8 Å². The number of amides is 1. The Balaban J connectivity index is 0.00000288. The van der Waals surface area contributed by atoms with E-state index >= 15 is 0 Å². The molecule has 1 unspecified atom stereocenters. The van der Waals surface area contributed by atoms with Crippen molar-refractivity contribution in [2.24, 2.45) is 11.7 Å². The molecule has 0 bridgehead atoms. The van der Waals surface area contributed by atoms with Gasteiger partial charge in [0.15, 0.2) is 12.4 Å². The van der Waals surface area contributed by atoms with E-state index in [0.29, 0.717) is 12.5 Å². The van der Waals surface area contributed by atoms with E-state index in [-0.39, 0.29) is 42.4 Å². The summed E-state index contributed by atoms with van der Waals surface area (Å²) < 4.78 is 5.30. The summed E-state index contributed by atoms with van der Waals surface area (Å²) in [6, 6.07) is 5.95. The molecule has 0 radical (unpaired) electrons. The van der Waals surface area contributed by atoms with E-state index in [1.54, 1.807) is 12.1 Å². The van der Waals surface area contributed by atoms with Crippen LogP contribution in [0.1, 0.15) is 32.1 Å². The lowest BCUT2D eigenvalue weighted by atomic mass is 9.84. The summed E-state index contributed by atoms with van der Waals surface area (Å²) in [7, 11) is 0. The predicted octanol–water partition coefficient (Wildman–Crippen LogP) is 2.42. The molecular formula is C16H24ClN3O4. The zero-order valence-corrected chi connectivity index (χ0v) is 14.3. The Kier molecular flexibility index (Phi) is 8.49. The number of carbonyl (C=O) groups excluding carboxylic acids is 1. The molecule has 1 fully saturated rings. The van der Waals surface area contributed by atoms with Gasteiger partial charge < -0.3 is 15.8 Å². The summed E-state index contributed by atoms with van der Waals surface area (Å²) in [5, 5.41) is 13.8. The molecule has 1 aromatic carbocycles. The topological polar surface area (TPSA) is 107 Å². The minimum absolute atomic E-state index is 0. The van der Waals surface area contributed by atoms with Gasteiger partial charge in [-0.15, -0.1) is 12.4 Å². The molecule has 134 valence electrons. The number of hydrogen-bond donors (Lipinski definition) is 2. The van der Waals surface area contributed by atoms with Crippen molar-refractivity contribution in [3.8, 4) is 5.75 Å². The third-order valence-corrected chi connectivity index (χ3v) is 4.24. The molecule has 0 heterocycles. The van der Waals surface area contributed by atoms with Crippen LogP contribution >= 0.6 is 12.4 Å². The number of para-hydroxylation sites is 2. The van der Waals surface area contributed by atoms with Crippen LogP contribution in [0, 0.1) is 16.0 Å². The van der Waals surface area contributed by atoms with Crippen LogP contribution in [0.2, 0.25) is 0 Å². The summed E-state index contributed by atoms with van der Waals surface area (Å²) in [4.78, 5) is 22.4. The highest BCUT2D eigenvalue weighted by molar-refractivity contribution is 5.85. The van der Waals surface area contributed by atoms with Gasteiger partial charge in [0.25, 0.3) is 5.91 Å². The number of halogens is 1. The second kappa shape index (κ2) is 10.1. The number of nitrogens with one attached hydrogen (secondary N) is 1. The molecule has 2 rings (SSSR count). The highest BCUT2D eigenvalue weighted by Crippen LogP contribution is 2.27. The van der Waals surface area contributed by atoms with Gasteiger partial charge in [-0.05, 0) is 24.8 Å². The van der Waals surface area contributed by atoms with Gasteiger partial charge in [0.05, 0.1) is 4.92 Å². The lowest BCUT2D eigenvalue weighted by Crippen LogP contribution is -2.47. The van der Waals surface area contributed by atoms with Crippen LogP contribution in [-0.4, -0.2) is 30.0 Å². The van der Waals surface area contributed by atoms with Gasteiger partial charge in [-0.1, -0.05) is 31.4 Å². The molecule has 0 saturated heterocycles. The number of nitro benzene ring substituents is 1. The molecule has 3 N–H and O–H groups in total. The van der Waals surface area contributed by atoms with E-state index in [9.17, 15) is 14.9 Å². The maximum absolute atomic E-state index is 12.0. The van der Waals surface area contributed by atoms with E-state index in [2.05, 4.69) is 5.32 Å². The smallest absolute Gasteiger partial charge is 0.310 e. The average Bonchev–Trinajstić information content (AvgIpc) is 2.58. The number of rotatable bonds is 7. The molecule has 1 saturated carbocycles. The van der Waals surface area contributed by atoms with Crippen molar-refractivity contribution in [1.82, 2.24) is 5.32 Å². The van der Waals surface area contributed by atoms with Crippen LogP contribution in [0.4, 0.5) is 5.69 Å². The average molecular weight is 358 g/mol. The minimum atomic E-state index is -0.530. The van der Waals surface area contributed by atoms with E-state index in [1.165, 1.54) is 31.4 Å². The van der Waals surface area contributed by atoms with Crippen molar-refractivity contribution in [1.29, 1.82) is 0 Å². The number of nitrogens with zero attached hydrogens (tertiary/aromatic N) is 1. The maximum Gasteiger partial charge on any atom is 0.310 e. The fourth-order valence-corrected chi connectivity index (χ4v) is 3.03. The first-order chi connectivity index (χ1) is 11.1. The van der Waals surface area contributed by atoms with Crippen LogP contribution in [-0.2, 0) is 4.79 Å². The standard InChI is InChI=1S/C16H23N3O4.ClH/c17-10-13(12-6-2-1-3-7-12)18-16(20)11-23-15-9-5-4-8-14(15)19(21)22;/h4-5,8-9,12-13H,1-3,6-7,10-11,17H2,(H,18,20);1H. The Labute approximate surface area is 147 Å². The molecule has 1 aliphatic rings. The third-order valence-electron chi connectivity index (χ3n) is 4.24. The van der Waals surface area contributed by atoms with Gasteiger partial charge in [0.1, 0.15) is 0 Å². The van der Waals surface area contributed by atoms with E-state index < -0.39 is 4.92 Å². The van der Waals surface area contributed by atoms with Gasteiger partial charge in [-0.2, -0.15) is 0 Å². The lowest BCUT2D eigenvalue weighted by Gasteiger charge is -2.30. The van der Waals surface area contributed by atoms with Crippen molar-refractivity contribution in [2.45, 2.75) is 38.1 Å². The molecule has 0 aromatic heterocycles. The normalized spacial score (nSPS) is 15.9. The molecular weight excluding hydrogens is 334 g/mol. The quantitative estimate of drug-likeness (QED) is 0.575. The van der Waals surface area contributed by atoms with Crippen molar-refractivity contribution < 1.29 is 14.5 Å². The molecule has 1 aliphatic carbocycles. The van der Waals surface area contributed by atoms with E-state index in [1.807, 2.05) is 0 Å². The van der Waals surface area contributed by atoms with Gasteiger partial charge in [0, 0.05) is 18.7 Å².